The predicted molar refractivity (Wildman–Crippen MR) is 64.4 cm³/mol. The Hall–Kier alpha value is -1.49. The van der Waals surface area contributed by atoms with E-state index in [1.807, 2.05) is 28.8 Å². The van der Waals surface area contributed by atoms with Crippen molar-refractivity contribution in [2.75, 3.05) is 14.2 Å². The summed E-state index contributed by atoms with van der Waals surface area (Å²) in [5.41, 5.74) is 0.881. The van der Waals surface area contributed by atoms with Crippen molar-refractivity contribution in [2.24, 2.45) is 0 Å². The number of halogens is 1. The number of imidazole rings is 1. The molecule has 0 N–H and O–H groups in total. The maximum absolute atomic E-state index is 5.30. The molecule has 0 spiro atoms. The maximum Gasteiger partial charge on any atom is 0.301 e. The third kappa shape index (κ3) is 1.78. The first-order chi connectivity index (χ1) is 7.77. The molecule has 1 heterocycles. The van der Waals surface area contributed by atoms with Gasteiger partial charge in [-0.05, 0) is 28.1 Å². The highest BCUT2D eigenvalue weighted by atomic mass is 79.9. The zero-order valence-electron chi connectivity index (χ0n) is 8.98. The number of aromatic nitrogens is 2. The van der Waals surface area contributed by atoms with Gasteiger partial charge in [-0.1, -0.05) is 12.1 Å². The smallest absolute Gasteiger partial charge is 0.301 e. The first-order valence-electron chi connectivity index (χ1n) is 4.68. The van der Waals surface area contributed by atoms with Crippen LogP contribution in [0.4, 0.5) is 0 Å². The normalized spacial score (nSPS) is 10.2. The lowest BCUT2D eigenvalue weighted by atomic mass is 10.3. The van der Waals surface area contributed by atoms with Crippen LogP contribution < -0.4 is 9.47 Å². The Kier molecular flexibility index (Phi) is 3.14. The van der Waals surface area contributed by atoms with Crippen LogP contribution in [0.2, 0.25) is 0 Å². The van der Waals surface area contributed by atoms with E-state index in [1.165, 1.54) is 0 Å². The highest BCUT2D eigenvalue weighted by molar-refractivity contribution is 9.10. The first-order valence-corrected chi connectivity index (χ1v) is 5.48. The molecule has 1 aromatic carbocycles. The minimum atomic E-state index is 0.511. The van der Waals surface area contributed by atoms with Crippen LogP contribution in [-0.4, -0.2) is 23.8 Å². The van der Waals surface area contributed by atoms with Gasteiger partial charge in [0.25, 0.3) is 0 Å². The summed E-state index contributed by atoms with van der Waals surface area (Å²) < 4.78 is 13.1. The molecular formula is C11H11BrN2O2. The van der Waals surface area contributed by atoms with Gasteiger partial charge in [0.05, 0.1) is 26.1 Å². The molecule has 1 aromatic heterocycles. The van der Waals surface area contributed by atoms with Gasteiger partial charge in [-0.25, -0.2) is 4.98 Å². The van der Waals surface area contributed by atoms with Crippen molar-refractivity contribution < 1.29 is 9.47 Å². The van der Waals surface area contributed by atoms with Crippen molar-refractivity contribution in [3.63, 3.8) is 0 Å². The van der Waals surface area contributed by atoms with Crippen molar-refractivity contribution in [3.8, 4) is 17.4 Å². The summed E-state index contributed by atoms with van der Waals surface area (Å²) in [6.45, 7) is 0. The molecule has 0 saturated carbocycles. The second kappa shape index (κ2) is 4.57. The van der Waals surface area contributed by atoms with E-state index in [9.17, 15) is 0 Å². The molecule has 0 fully saturated rings. The van der Waals surface area contributed by atoms with Gasteiger partial charge in [-0.3, -0.25) is 4.57 Å². The number of hydrogen-bond donors (Lipinski definition) is 0. The third-order valence-corrected chi connectivity index (χ3v) is 2.75. The number of para-hydroxylation sites is 2. The van der Waals surface area contributed by atoms with Gasteiger partial charge in [-0.2, -0.15) is 0 Å². The standard InChI is InChI=1S/C11H11BrN2O2/c1-15-9-6-4-3-5-8(9)14-10(12)7-13-11(14)16-2/h3-7H,1-2H3. The van der Waals surface area contributed by atoms with Crippen LogP contribution in [0.1, 0.15) is 0 Å². The second-order valence-corrected chi connectivity index (χ2v) is 3.89. The summed E-state index contributed by atoms with van der Waals surface area (Å²) in [4.78, 5) is 4.12. The zero-order valence-corrected chi connectivity index (χ0v) is 10.6. The van der Waals surface area contributed by atoms with Crippen LogP contribution >= 0.6 is 15.9 Å². The Labute approximate surface area is 102 Å². The summed E-state index contributed by atoms with van der Waals surface area (Å²) in [5, 5.41) is 0. The second-order valence-electron chi connectivity index (χ2n) is 3.07. The monoisotopic (exact) mass is 282 g/mol. The molecule has 0 unspecified atom stereocenters. The van der Waals surface area contributed by atoms with Gasteiger partial charge in [-0.15, -0.1) is 0 Å². The molecule has 0 aliphatic rings. The Balaban J connectivity index is 2.61. The van der Waals surface area contributed by atoms with Crippen LogP contribution in [0.15, 0.2) is 35.1 Å². The molecule has 0 aliphatic heterocycles. The fourth-order valence-corrected chi connectivity index (χ4v) is 1.94. The molecule has 0 saturated heterocycles. The van der Waals surface area contributed by atoms with E-state index in [0.29, 0.717) is 6.01 Å². The van der Waals surface area contributed by atoms with E-state index < -0.39 is 0 Å². The zero-order chi connectivity index (χ0) is 11.5. The van der Waals surface area contributed by atoms with E-state index in [0.717, 1.165) is 16.0 Å². The summed E-state index contributed by atoms with van der Waals surface area (Å²) in [5.74, 6) is 0.763. The number of rotatable bonds is 3. The number of hydrogen-bond acceptors (Lipinski definition) is 3. The SMILES string of the molecule is COc1ccccc1-n1c(Br)cnc1OC. The molecule has 2 aromatic rings. The molecule has 84 valence electrons. The molecule has 0 amide bonds. The van der Waals surface area contributed by atoms with Crippen LogP contribution in [0.5, 0.6) is 11.8 Å². The molecule has 4 nitrogen and oxygen atoms in total. The molecule has 16 heavy (non-hydrogen) atoms. The predicted octanol–water partition coefficient (Wildman–Crippen LogP) is 2.65. The van der Waals surface area contributed by atoms with Gasteiger partial charge in [0.1, 0.15) is 10.4 Å². The van der Waals surface area contributed by atoms with Crippen LogP contribution in [0, 0.1) is 0 Å². The Morgan fingerprint density at radius 2 is 1.94 bits per heavy atom. The Morgan fingerprint density at radius 1 is 1.19 bits per heavy atom. The van der Waals surface area contributed by atoms with E-state index in [4.69, 9.17) is 9.47 Å². The lowest BCUT2D eigenvalue weighted by Crippen LogP contribution is -2.01. The van der Waals surface area contributed by atoms with E-state index in [1.54, 1.807) is 20.4 Å². The fourth-order valence-electron chi connectivity index (χ4n) is 1.49. The van der Waals surface area contributed by atoms with E-state index in [2.05, 4.69) is 20.9 Å². The summed E-state index contributed by atoms with van der Waals surface area (Å²) in [6.07, 6.45) is 1.69. The number of nitrogens with zero attached hydrogens (tertiary/aromatic N) is 2. The summed E-state index contributed by atoms with van der Waals surface area (Å²) >= 11 is 3.42. The van der Waals surface area contributed by atoms with Crippen molar-refractivity contribution in [1.82, 2.24) is 9.55 Å². The van der Waals surface area contributed by atoms with Crippen LogP contribution in [0.3, 0.4) is 0 Å². The minimum Gasteiger partial charge on any atom is -0.495 e. The molecule has 0 atom stereocenters. The highest BCUT2D eigenvalue weighted by Crippen LogP contribution is 2.30. The van der Waals surface area contributed by atoms with Crippen molar-refractivity contribution >= 4 is 15.9 Å². The van der Waals surface area contributed by atoms with Gasteiger partial charge in [0.15, 0.2) is 0 Å². The number of methoxy groups -OCH3 is 2. The Morgan fingerprint density at radius 3 is 2.62 bits per heavy atom. The third-order valence-electron chi connectivity index (χ3n) is 2.20. The first kappa shape index (κ1) is 11.0. The van der Waals surface area contributed by atoms with Gasteiger partial charge in [0, 0.05) is 0 Å². The molecule has 0 radical (unpaired) electrons. The van der Waals surface area contributed by atoms with Crippen molar-refractivity contribution in [3.05, 3.63) is 35.1 Å². The minimum absolute atomic E-state index is 0.511. The lowest BCUT2D eigenvalue weighted by Gasteiger charge is -2.11. The highest BCUT2D eigenvalue weighted by Gasteiger charge is 2.13. The van der Waals surface area contributed by atoms with Crippen molar-refractivity contribution in [2.45, 2.75) is 0 Å². The largest absolute Gasteiger partial charge is 0.495 e. The molecule has 5 heteroatoms. The van der Waals surface area contributed by atoms with E-state index >= 15 is 0 Å². The van der Waals surface area contributed by atoms with E-state index in [-0.39, 0.29) is 0 Å². The molecule has 0 bridgehead atoms. The average molecular weight is 283 g/mol. The lowest BCUT2D eigenvalue weighted by molar-refractivity contribution is 0.368. The van der Waals surface area contributed by atoms with Gasteiger partial charge >= 0.3 is 6.01 Å². The fraction of sp³-hybridized carbons (Fsp3) is 0.182. The summed E-state index contributed by atoms with van der Waals surface area (Å²) in [6, 6.07) is 8.19. The maximum atomic E-state index is 5.30. The van der Waals surface area contributed by atoms with Crippen molar-refractivity contribution in [1.29, 1.82) is 0 Å². The molecule has 0 aliphatic carbocycles. The molecule has 2 rings (SSSR count). The summed E-state index contributed by atoms with van der Waals surface area (Å²) in [7, 11) is 3.22. The quantitative estimate of drug-likeness (QED) is 0.868. The van der Waals surface area contributed by atoms with Gasteiger partial charge in [0.2, 0.25) is 0 Å². The van der Waals surface area contributed by atoms with Crippen LogP contribution in [-0.2, 0) is 0 Å². The topological polar surface area (TPSA) is 36.3 Å². The Bertz CT molecular complexity index is 496. The number of ether oxygens (including phenoxy) is 2. The van der Waals surface area contributed by atoms with Gasteiger partial charge < -0.3 is 9.47 Å². The number of benzene rings is 1. The van der Waals surface area contributed by atoms with Crippen LogP contribution in [0.25, 0.3) is 5.69 Å². The average Bonchev–Trinajstić information content (AvgIpc) is 2.70. The molecular weight excluding hydrogens is 272 g/mol.